The highest BCUT2D eigenvalue weighted by Gasteiger charge is 2.55. The van der Waals surface area contributed by atoms with Crippen molar-refractivity contribution in [1.82, 2.24) is 0 Å². The number of fused-ring (bicyclic) bond motifs is 1. The Hall–Kier alpha value is -8.58. The van der Waals surface area contributed by atoms with Gasteiger partial charge in [-0.3, -0.25) is 9.59 Å². The summed E-state index contributed by atoms with van der Waals surface area (Å²) in [7, 11) is 0. The Morgan fingerprint density at radius 3 is 1.02 bits per heavy atom. The summed E-state index contributed by atoms with van der Waals surface area (Å²) in [5.41, 5.74) is 7.47. The van der Waals surface area contributed by atoms with Gasteiger partial charge < -0.3 is 0 Å². The van der Waals surface area contributed by atoms with Crippen molar-refractivity contribution in [3.05, 3.63) is 275 Å². The van der Waals surface area contributed by atoms with Crippen molar-refractivity contribution in [3.8, 4) is 23.7 Å². The van der Waals surface area contributed by atoms with Crippen molar-refractivity contribution in [2.45, 2.75) is 22.9 Å². The first-order valence-electron chi connectivity index (χ1n) is 21.2. The van der Waals surface area contributed by atoms with Gasteiger partial charge in [-0.1, -0.05) is 211 Å². The highest BCUT2D eigenvalue weighted by atomic mass is 16.2. The lowest BCUT2D eigenvalue weighted by molar-refractivity contribution is -0.121. The van der Waals surface area contributed by atoms with Gasteiger partial charge in [0.2, 0.25) is 0 Å². The molecule has 64 heavy (non-hydrogen) atoms. The Bertz CT molecular complexity index is 2890. The molecule has 0 aromatic heterocycles. The van der Waals surface area contributed by atoms with Gasteiger partial charge in [-0.2, -0.15) is 5.11 Å². The minimum atomic E-state index is -0.960. The first-order valence-corrected chi connectivity index (χ1v) is 21.2. The lowest BCUT2D eigenvalue weighted by atomic mass is 9.70. The molecule has 6 heteroatoms. The largest absolute Gasteiger partial charge is 0.271 e. The maximum Gasteiger partial charge on any atom is 0.263 e. The number of anilines is 2. The molecule has 2 aliphatic rings. The van der Waals surface area contributed by atoms with Gasteiger partial charge in [0, 0.05) is 11.1 Å². The second-order valence-corrected chi connectivity index (χ2v) is 15.7. The van der Waals surface area contributed by atoms with Gasteiger partial charge in [-0.25, -0.2) is 9.91 Å². The van der Waals surface area contributed by atoms with Crippen LogP contribution < -0.4 is 9.91 Å². The Labute approximate surface area is 373 Å². The zero-order valence-corrected chi connectivity index (χ0v) is 34.7. The molecule has 0 radical (unpaired) electrons. The van der Waals surface area contributed by atoms with Crippen molar-refractivity contribution in [3.63, 3.8) is 0 Å². The van der Waals surface area contributed by atoms with Crippen LogP contribution in [0, 0.1) is 23.7 Å². The lowest BCUT2D eigenvalue weighted by Crippen LogP contribution is -2.39. The van der Waals surface area contributed by atoms with Gasteiger partial charge in [0.05, 0.1) is 11.4 Å². The Kier molecular flexibility index (Phi) is 10.5. The van der Waals surface area contributed by atoms with Gasteiger partial charge in [0.15, 0.2) is 12.1 Å². The summed E-state index contributed by atoms with van der Waals surface area (Å²) < 4.78 is 0. The molecule has 2 aliphatic heterocycles. The number of nitrogens with zero attached hydrogens (tertiary/aromatic N) is 4. The van der Waals surface area contributed by atoms with Crippen LogP contribution in [-0.2, 0) is 20.4 Å². The zero-order valence-electron chi connectivity index (χ0n) is 34.7. The van der Waals surface area contributed by atoms with Crippen LogP contribution in [0.2, 0.25) is 0 Å². The van der Waals surface area contributed by atoms with Crippen LogP contribution in [0.25, 0.3) is 0 Å². The van der Waals surface area contributed by atoms with Crippen LogP contribution in [0.15, 0.2) is 241 Å². The minimum Gasteiger partial charge on any atom is -0.271 e. The van der Waals surface area contributed by atoms with E-state index >= 15 is 0 Å². The predicted octanol–water partition coefficient (Wildman–Crippen LogP) is 11.0. The molecule has 1 saturated heterocycles. The quantitative estimate of drug-likeness (QED) is 0.0871. The summed E-state index contributed by atoms with van der Waals surface area (Å²) in [6.07, 6.45) is 0. The molecule has 8 aromatic rings. The van der Waals surface area contributed by atoms with E-state index in [9.17, 15) is 9.59 Å². The number of carbonyl (C=O) groups excluding carboxylic acids is 2. The van der Waals surface area contributed by atoms with Gasteiger partial charge >= 0.3 is 0 Å². The monoisotopic (exact) mass is 824 g/mol. The molecular weight excluding hydrogens is 785 g/mol. The maximum absolute atomic E-state index is 14.2. The second-order valence-electron chi connectivity index (χ2n) is 15.7. The van der Waals surface area contributed by atoms with E-state index in [1.165, 1.54) is 4.90 Å². The topological polar surface area (TPSA) is 65.3 Å². The van der Waals surface area contributed by atoms with Crippen LogP contribution in [-0.4, -0.2) is 23.9 Å². The molecule has 0 N–H and O–H groups in total. The molecule has 304 valence electrons. The van der Waals surface area contributed by atoms with Gasteiger partial charge in [0.25, 0.3) is 11.8 Å². The van der Waals surface area contributed by atoms with E-state index in [1.54, 1.807) is 17.1 Å². The molecule has 0 bridgehead atoms. The third-order valence-corrected chi connectivity index (χ3v) is 12.1. The average molecular weight is 825 g/mol. The lowest BCUT2D eigenvalue weighted by Gasteiger charge is -2.31. The summed E-state index contributed by atoms with van der Waals surface area (Å²) >= 11 is 0. The van der Waals surface area contributed by atoms with E-state index in [0.717, 1.165) is 44.5 Å². The fraction of sp³-hybridized carbons (Fsp3) is 0.0690. The molecule has 2 atom stereocenters. The van der Waals surface area contributed by atoms with Crippen LogP contribution >= 0.6 is 0 Å². The Balaban J connectivity index is 0.922. The molecule has 8 aromatic carbocycles. The van der Waals surface area contributed by atoms with Crippen LogP contribution in [0.4, 0.5) is 11.4 Å². The van der Waals surface area contributed by atoms with Crippen molar-refractivity contribution in [2.24, 2.45) is 10.3 Å². The highest BCUT2D eigenvalue weighted by molar-refractivity contribution is 6.26. The Morgan fingerprint density at radius 2 is 0.688 bits per heavy atom. The van der Waals surface area contributed by atoms with Crippen molar-refractivity contribution in [2.75, 3.05) is 9.91 Å². The third kappa shape index (κ3) is 7.04. The first kappa shape index (κ1) is 39.5. The fourth-order valence-corrected chi connectivity index (χ4v) is 8.91. The number of carbonyl (C=O) groups is 2. The maximum atomic E-state index is 14.2. The van der Waals surface area contributed by atoms with Gasteiger partial charge in [-0.15, -0.1) is 0 Å². The van der Waals surface area contributed by atoms with Crippen LogP contribution in [0.3, 0.4) is 0 Å². The standard InChI is InChI=1S/C58H40N4O2/c63-55-53-54(56(64)61(55)51-35-31-43(32-36-51)39-41-57(45-19-7-1-8-20-45,46-21-9-2-10-22-46)47-23-11-3-12-24-47)62(60-59-53)52-37-33-44(34-38-52)40-42-58(48-25-13-4-14-26-48,49-27-15-5-16-28-49)50-29-17-6-18-30-50/h1-38,53-54H. The molecule has 1 fully saturated rings. The smallest absolute Gasteiger partial charge is 0.263 e. The van der Waals surface area contributed by atoms with E-state index in [0.29, 0.717) is 11.4 Å². The number of hydrogen-bond acceptors (Lipinski definition) is 5. The minimum absolute atomic E-state index is 0.391. The molecule has 0 spiro atoms. The van der Waals surface area contributed by atoms with E-state index in [1.807, 2.05) is 146 Å². The van der Waals surface area contributed by atoms with E-state index in [4.69, 9.17) is 0 Å². The number of rotatable bonds is 8. The zero-order chi connectivity index (χ0) is 43.4. The molecule has 2 amide bonds. The third-order valence-electron chi connectivity index (χ3n) is 12.1. The van der Waals surface area contributed by atoms with E-state index in [2.05, 4.69) is 107 Å². The summed E-state index contributed by atoms with van der Waals surface area (Å²) in [4.78, 5) is 29.2. The highest BCUT2D eigenvalue weighted by Crippen LogP contribution is 2.41. The summed E-state index contributed by atoms with van der Waals surface area (Å²) in [5.74, 6) is 13.5. The van der Waals surface area contributed by atoms with E-state index < -0.39 is 34.7 Å². The fourth-order valence-electron chi connectivity index (χ4n) is 8.91. The number of amides is 2. The van der Waals surface area contributed by atoms with Crippen molar-refractivity contribution >= 4 is 23.2 Å². The molecule has 2 unspecified atom stereocenters. The molecule has 10 rings (SSSR count). The normalized spacial score (nSPS) is 15.5. The predicted molar refractivity (Wildman–Crippen MR) is 252 cm³/mol. The van der Waals surface area contributed by atoms with Gasteiger partial charge in [0.1, 0.15) is 10.8 Å². The van der Waals surface area contributed by atoms with Crippen LogP contribution in [0.1, 0.15) is 44.5 Å². The van der Waals surface area contributed by atoms with Crippen molar-refractivity contribution < 1.29 is 9.59 Å². The summed E-state index contributed by atoms with van der Waals surface area (Å²) in [6.45, 7) is 0. The van der Waals surface area contributed by atoms with Crippen LogP contribution in [0.5, 0.6) is 0 Å². The average Bonchev–Trinajstić information content (AvgIpc) is 3.92. The molecule has 0 aliphatic carbocycles. The first-order chi connectivity index (χ1) is 31.6. The Morgan fingerprint density at radius 1 is 0.375 bits per heavy atom. The number of hydrogen-bond donors (Lipinski definition) is 0. The second kappa shape index (κ2) is 17.1. The summed E-state index contributed by atoms with van der Waals surface area (Å²) in [6, 6.07) is 74.8. The molecule has 2 heterocycles. The number of imide groups is 1. The molecule has 0 saturated carbocycles. The summed E-state index contributed by atoms with van der Waals surface area (Å²) in [5, 5.41) is 10.2. The SMILES string of the molecule is O=C1C2N=NN(c3ccc(C#CC(c4ccccc4)(c4ccccc4)c4ccccc4)cc3)C2C(=O)N1c1ccc(C#CC(c2ccccc2)(c2ccccc2)c2ccccc2)cc1. The number of benzene rings is 8. The van der Waals surface area contributed by atoms with Gasteiger partial charge in [-0.05, 0) is 81.9 Å². The van der Waals surface area contributed by atoms with Crippen molar-refractivity contribution in [1.29, 1.82) is 0 Å². The molecule has 6 nitrogen and oxygen atoms in total. The molecular formula is C58H40N4O2. The van der Waals surface area contributed by atoms with E-state index in [-0.39, 0.29) is 0 Å².